The molecule has 2 nitrogen and oxygen atoms in total. The Hall–Kier alpha value is -1.04. The molecule has 0 aliphatic rings. The van der Waals surface area contributed by atoms with E-state index in [2.05, 4.69) is 31.9 Å². The van der Waals surface area contributed by atoms with E-state index in [0.29, 0.717) is 16.6 Å². The molecule has 1 aromatic carbocycles. The molecule has 0 bridgehead atoms. The van der Waals surface area contributed by atoms with Crippen LogP contribution >= 0.6 is 11.6 Å². The molecule has 1 atom stereocenters. The standard InChI is InChI=1S/C14H19ClN2/c1-4-5-11(2)17(3)10-13-7-6-12(9-16)8-14(13)15/h6-8,11H,4-5,10H2,1-3H3. The first-order valence-corrected chi connectivity index (χ1v) is 6.35. The lowest BCUT2D eigenvalue weighted by atomic mass is 10.1. The molecule has 0 spiro atoms. The van der Waals surface area contributed by atoms with E-state index in [0.717, 1.165) is 12.1 Å². The van der Waals surface area contributed by atoms with Gasteiger partial charge in [-0.3, -0.25) is 4.90 Å². The normalized spacial score (nSPS) is 12.5. The molecule has 0 saturated heterocycles. The maximum Gasteiger partial charge on any atom is 0.0992 e. The summed E-state index contributed by atoms with van der Waals surface area (Å²) in [5.74, 6) is 0. The van der Waals surface area contributed by atoms with Crippen molar-refractivity contribution in [2.75, 3.05) is 7.05 Å². The quantitative estimate of drug-likeness (QED) is 0.794. The zero-order valence-electron chi connectivity index (χ0n) is 10.7. The van der Waals surface area contributed by atoms with Crippen LogP contribution < -0.4 is 0 Å². The van der Waals surface area contributed by atoms with Gasteiger partial charge in [0.2, 0.25) is 0 Å². The summed E-state index contributed by atoms with van der Waals surface area (Å²) in [7, 11) is 2.11. The van der Waals surface area contributed by atoms with Gasteiger partial charge >= 0.3 is 0 Å². The number of nitrogens with zero attached hydrogens (tertiary/aromatic N) is 2. The van der Waals surface area contributed by atoms with Crippen molar-refractivity contribution in [2.45, 2.75) is 39.3 Å². The third kappa shape index (κ3) is 4.03. The summed E-state index contributed by atoms with van der Waals surface area (Å²) in [5.41, 5.74) is 1.69. The van der Waals surface area contributed by atoms with Crippen LogP contribution in [-0.4, -0.2) is 18.0 Å². The van der Waals surface area contributed by atoms with Crippen molar-refractivity contribution in [1.82, 2.24) is 4.90 Å². The summed E-state index contributed by atoms with van der Waals surface area (Å²) in [6.45, 7) is 5.24. The highest BCUT2D eigenvalue weighted by atomic mass is 35.5. The lowest BCUT2D eigenvalue weighted by molar-refractivity contribution is 0.237. The molecule has 1 aromatic rings. The van der Waals surface area contributed by atoms with Crippen LogP contribution in [0, 0.1) is 11.3 Å². The maximum absolute atomic E-state index is 8.77. The van der Waals surface area contributed by atoms with Crippen molar-refractivity contribution in [2.24, 2.45) is 0 Å². The largest absolute Gasteiger partial charge is 0.299 e. The Labute approximate surface area is 109 Å². The van der Waals surface area contributed by atoms with Crippen molar-refractivity contribution in [3.05, 3.63) is 34.3 Å². The van der Waals surface area contributed by atoms with E-state index in [4.69, 9.17) is 16.9 Å². The second kappa shape index (κ2) is 6.64. The zero-order chi connectivity index (χ0) is 12.8. The number of hydrogen-bond acceptors (Lipinski definition) is 2. The average Bonchev–Trinajstić information content (AvgIpc) is 2.31. The van der Waals surface area contributed by atoms with Gasteiger partial charge in [-0.2, -0.15) is 5.26 Å². The number of halogens is 1. The average molecular weight is 251 g/mol. The van der Waals surface area contributed by atoms with Crippen LogP contribution in [0.4, 0.5) is 0 Å². The smallest absolute Gasteiger partial charge is 0.0992 e. The molecule has 0 fully saturated rings. The van der Waals surface area contributed by atoms with Gasteiger partial charge in [-0.1, -0.05) is 31.0 Å². The lowest BCUT2D eigenvalue weighted by Crippen LogP contribution is -2.28. The van der Waals surface area contributed by atoms with Crippen LogP contribution in [-0.2, 0) is 6.54 Å². The van der Waals surface area contributed by atoms with Crippen molar-refractivity contribution >= 4 is 11.6 Å². The monoisotopic (exact) mass is 250 g/mol. The van der Waals surface area contributed by atoms with Crippen LogP contribution in [0.15, 0.2) is 18.2 Å². The summed E-state index contributed by atoms with van der Waals surface area (Å²) in [6.07, 6.45) is 2.37. The fourth-order valence-corrected chi connectivity index (χ4v) is 2.05. The molecule has 0 amide bonds. The molecule has 92 valence electrons. The summed E-state index contributed by atoms with van der Waals surface area (Å²) in [6, 6.07) is 8.13. The first kappa shape index (κ1) is 14.0. The van der Waals surface area contributed by atoms with Crippen LogP contribution in [0.1, 0.15) is 37.8 Å². The van der Waals surface area contributed by atoms with Gasteiger partial charge in [0.25, 0.3) is 0 Å². The first-order chi connectivity index (χ1) is 8.08. The third-order valence-corrected chi connectivity index (χ3v) is 3.41. The second-order valence-electron chi connectivity index (χ2n) is 4.47. The van der Waals surface area contributed by atoms with Crippen LogP contribution in [0.3, 0.4) is 0 Å². The molecule has 0 aliphatic carbocycles. The van der Waals surface area contributed by atoms with Crippen molar-refractivity contribution in [1.29, 1.82) is 5.26 Å². The highest BCUT2D eigenvalue weighted by Gasteiger charge is 2.10. The SMILES string of the molecule is CCCC(C)N(C)Cc1ccc(C#N)cc1Cl. The third-order valence-electron chi connectivity index (χ3n) is 3.06. The van der Waals surface area contributed by atoms with E-state index >= 15 is 0 Å². The van der Waals surface area contributed by atoms with E-state index in [1.54, 1.807) is 6.07 Å². The fourth-order valence-electron chi connectivity index (χ4n) is 1.81. The number of benzene rings is 1. The molecule has 0 aromatic heterocycles. The predicted octanol–water partition coefficient (Wildman–Crippen LogP) is 3.83. The molecule has 0 saturated carbocycles. The summed E-state index contributed by atoms with van der Waals surface area (Å²) >= 11 is 6.16. The van der Waals surface area contributed by atoms with E-state index < -0.39 is 0 Å². The molecule has 17 heavy (non-hydrogen) atoms. The van der Waals surface area contributed by atoms with Gasteiger partial charge in [0.15, 0.2) is 0 Å². The Balaban J connectivity index is 2.72. The Morgan fingerprint density at radius 2 is 2.18 bits per heavy atom. The van der Waals surface area contributed by atoms with Crippen LogP contribution in [0.25, 0.3) is 0 Å². The van der Waals surface area contributed by atoms with Crippen LogP contribution in [0.2, 0.25) is 5.02 Å². The minimum absolute atomic E-state index is 0.548. The molecule has 1 unspecified atom stereocenters. The fraction of sp³-hybridized carbons (Fsp3) is 0.500. The van der Waals surface area contributed by atoms with Crippen LogP contribution in [0.5, 0.6) is 0 Å². The van der Waals surface area contributed by atoms with Gasteiger partial charge in [0.05, 0.1) is 11.6 Å². The number of nitriles is 1. The predicted molar refractivity (Wildman–Crippen MR) is 72.0 cm³/mol. The Morgan fingerprint density at radius 1 is 1.47 bits per heavy atom. The molecule has 3 heteroatoms. The minimum atomic E-state index is 0.548. The topological polar surface area (TPSA) is 27.0 Å². The summed E-state index contributed by atoms with van der Waals surface area (Å²) in [5, 5.41) is 9.45. The van der Waals surface area contributed by atoms with E-state index in [1.165, 1.54) is 12.8 Å². The molecule has 0 heterocycles. The van der Waals surface area contributed by atoms with Gasteiger partial charge < -0.3 is 0 Å². The maximum atomic E-state index is 8.77. The van der Waals surface area contributed by atoms with Crippen molar-refractivity contribution in [3.8, 4) is 6.07 Å². The highest BCUT2D eigenvalue weighted by molar-refractivity contribution is 6.31. The Morgan fingerprint density at radius 3 is 2.71 bits per heavy atom. The first-order valence-electron chi connectivity index (χ1n) is 5.97. The minimum Gasteiger partial charge on any atom is -0.299 e. The van der Waals surface area contributed by atoms with Gasteiger partial charge in [0, 0.05) is 17.6 Å². The molecular weight excluding hydrogens is 232 g/mol. The summed E-state index contributed by atoms with van der Waals surface area (Å²) in [4.78, 5) is 2.29. The van der Waals surface area contributed by atoms with E-state index in [-0.39, 0.29) is 0 Å². The molecule has 1 rings (SSSR count). The summed E-state index contributed by atoms with van der Waals surface area (Å²) < 4.78 is 0. The number of hydrogen-bond donors (Lipinski definition) is 0. The van der Waals surface area contributed by atoms with Crippen molar-refractivity contribution < 1.29 is 0 Å². The second-order valence-corrected chi connectivity index (χ2v) is 4.88. The number of rotatable bonds is 5. The Kier molecular flexibility index (Phi) is 5.47. The van der Waals surface area contributed by atoms with Gasteiger partial charge in [-0.05, 0) is 38.1 Å². The lowest BCUT2D eigenvalue weighted by Gasteiger charge is -2.24. The van der Waals surface area contributed by atoms with E-state index in [9.17, 15) is 0 Å². The molecular formula is C14H19ClN2. The van der Waals surface area contributed by atoms with Gasteiger partial charge in [-0.15, -0.1) is 0 Å². The van der Waals surface area contributed by atoms with Gasteiger partial charge in [-0.25, -0.2) is 0 Å². The van der Waals surface area contributed by atoms with E-state index in [1.807, 2.05) is 12.1 Å². The zero-order valence-corrected chi connectivity index (χ0v) is 11.5. The highest BCUT2D eigenvalue weighted by Crippen LogP contribution is 2.20. The van der Waals surface area contributed by atoms with Crippen molar-refractivity contribution in [3.63, 3.8) is 0 Å². The Bertz CT molecular complexity index is 409. The molecule has 0 N–H and O–H groups in total. The molecule has 0 radical (unpaired) electrons. The molecule has 0 aliphatic heterocycles. The van der Waals surface area contributed by atoms with Gasteiger partial charge in [0.1, 0.15) is 0 Å².